The number of aromatic carboxylic acids is 1. The van der Waals surface area contributed by atoms with E-state index in [9.17, 15) is 13.2 Å². The third kappa shape index (κ3) is 3.64. The quantitative estimate of drug-likeness (QED) is 0.455. The van der Waals surface area contributed by atoms with E-state index in [1.807, 2.05) is 0 Å². The van der Waals surface area contributed by atoms with Crippen molar-refractivity contribution in [2.24, 2.45) is 0 Å². The summed E-state index contributed by atoms with van der Waals surface area (Å²) >= 11 is 3.38. The van der Waals surface area contributed by atoms with Crippen LogP contribution in [0.4, 0.5) is 0 Å². The number of aromatic nitrogens is 3. The van der Waals surface area contributed by atoms with E-state index in [1.54, 1.807) is 54.6 Å². The van der Waals surface area contributed by atoms with Gasteiger partial charge in [0, 0.05) is 10.0 Å². The number of rotatable bonds is 5. The van der Waals surface area contributed by atoms with E-state index in [1.165, 1.54) is 28.9 Å². The number of carboxylic acid groups (broad SMARTS) is 1. The van der Waals surface area contributed by atoms with E-state index < -0.39 is 15.8 Å². The Morgan fingerprint density at radius 2 is 1.53 bits per heavy atom. The average Bonchev–Trinajstić information content (AvgIpc) is 3.21. The third-order valence-electron chi connectivity index (χ3n) is 4.42. The number of carbonyl (C=O) groups is 1. The van der Waals surface area contributed by atoms with Gasteiger partial charge in [-0.15, -0.1) is 5.10 Å². The molecule has 0 fully saturated rings. The largest absolute Gasteiger partial charge is 0.478 e. The van der Waals surface area contributed by atoms with Gasteiger partial charge < -0.3 is 5.11 Å². The zero-order valence-electron chi connectivity index (χ0n) is 15.3. The second-order valence-electron chi connectivity index (χ2n) is 6.33. The van der Waals surface area contributed by atoms with Crippen molar-refractivity contribution in [3.63, 3.8) is 0 Å². The fourth-order valence-corrected chi connectivity index (χ4v) is 4.55. The smallest absolute Gasteiger partial charge is 0.335 e. The highest BCUT2D eigenvalue weighted by Gasteiger charge is 2.29. The number of halogens is 1. The second kappa shape index (κ2) is 7.85. The summed E-state index contributed by atoms with van der Waals surface area (Å²) in [5, 5.41) is 17.0. The molecule has 3 aromatic carbocycles. The highest BCUT2D eigenvalue weighted by molar-refractivity contribution is 9.10. The molecule has 1 N–H and O–H groups in total. The Kier molecular flexibility index (Phi) is 5.23. The Hall–Kier alpha value is -3.30. The second-order valence-corrected chi connectivity index (χ2v) is 9.11. The molecule has 4 rings (SSSR count). The van der Waals surface area contributed by atoms with Crippen molar-refractivity contribution in [2.75, 3.05) is 0 Å². The van der Waals surface area contributed by atoms with E-state index in [-0.39, 0.29) is 21.2 Å². The van der Waals surface area contributed by atoms with Gasteiger partial charge in [-0.05, 0) is 48.5 Å². The van der Waals surface area contributed by atoms with Crippen molar-refractivity contribution in [3.05, 3.63) is 88.9 Å². The molecule has 0 spiro atoms. The van der Waals surface area contributed by atoms with E-state index in [0.29, 0.717) is 11.3 Å². The molecule has 0 aliphatic carbocycles. The molecule has 1 heterocycles. The van der Waals surface area contributed by atoms with Crippen LogP contribution in [-0.2, 0) is 9.84 Å². The highest BCUT2D eigenvalue weighted by atomic mass is 79.9. The van der Waals surface area contributed by atoms with E-state index in [2.05, 4.69) is 26.2 Å². The molecule has 7 nitrogen and oxygen atoms in total. The summed E-state index contributed by atoms with van der Waals surface area (Å²) < 4.78 is 28.8. The molecular formula is C21H14BrN3O4S. The van der Waals surface area contributed by atoms with Crippen molar-refractivity contribution in [1.29, 1.82) is 0 Å². The molecule has 1 aromatic heterocycles. The summed E-state index contributed by atoms with van der Waals surface area (Å²) in [4.78, 5) is 11.3. The van der Waals surface area contributed by atoms with Crippen LogP contribution in [0.5, 0.6) is 0 Å². The Morgan fingerprint density at radius 1 is 0.900 bits per heavy atom. The molecule has 0 bridgehead atoms. The zero-order valence-corrected chi connectivity index (χ0v) is 17.7. The molecule has 0 aliphatic rings. The summed E-state index contributed by atoms with van der Waals surface area (Å²) in [5.41, 5.74) is 1.48. The predicted octanol–water partition coefficient (Wildman–Crippen LogP) is 4.23. The van der Waals surface area contributed by atoms with Gasteiger partial charge in [-0.25, -0.2) is 17.9 Å². The van der Waals surface area contributed by atoms with Gasteiger partial charge in [-0.2, -0.15) is 0 Å². The molecular weight excluding hydrogens is 470 g/mol. The number of sulfone groups is 1. The van der Waals surface area contributed by atoms with Crippen LogP contribution in [0.2, 0.25) is 0 Å². The van der Waals surface area contributed by atoms with Crippen molar-refractivity contribution in [1.82, 2.24) is 15.0 Å². The molecule has 30 heavy (non-hydrogen) atoms. The van der Waals surface area contributed by atoms with Crippen LogP contribution in [0.15, 0.2) is 93.3 Å². The number of hydrogen-bond acceptors (Lipinski definition) is 5. The van der Waals surface area contributed by atoms with Gasteiger partial charge >= 0.3 is 5.97 Å². The van der Waals surface area contributed by atoms with Crippen LogP contribution in [-0.4, -0.2) is 34.5 Å². The summed E-state index contributed by atoms with van der Waals surface area (Å²) in [6.07, 6.45) is 0. The molecule has 9 heteroatoms. The monoisotopic (exact) mass is 483 g/mol. The summed E-state index contributed by atoms with van der Waals surface area (Å²) in [5.74, 6) is -1.05. The summed E-state index contributed by atoms with van der Waals surface area (Å²) in [7, 11) is -3.94. The fraction of sp³-hybridized carbons (Fsp3) is 0. The lowest BCUT2D eigenvalue weighted by Gasteiger charge is -2.10. The highest BCUT2D eigenvalue weighted by Crippen LogP contribution is 2.32. The number of hydrogen-bond donors (Lipinski definition) is 1. The molecule has 0 radical (unpaired) electrons. The van der Waals surface area contributed by atoms with Crippen LogP contribution >= 0.6 is 15.9 Å². The number of carboxylic acids is 1. The molecule has 0 amide bonds. The first kappa shape index (κ1) is 20.0. The maximum absolute atomic E-state index is 13.3. The fourth-order valence-electron chi connectivity index (χ4n) is 2.94. The van der Waals surface area contributed by atoms with Crippen LogP contribution in [0.25, 0.3) is 16.9 Å². The van der Waals surface area contributed by atoms with E-state index in [4.69, 9.17) is 5.11 Å². The lowest BCUT2D eigenvalue weighted by Crippen LogP contribution is -2.06. The molecule has 0 atom stereocenters. The number of benzene rings is 3. The molecule has 0 saturated carbocycles. The minimum absolute atomic E-state index is 0.108. The summed E-state index contributed by atoms with van der Waals surface area (Å²) in [6, 6.07) is 21.1. The van der Waals surface area contributed by atoms with Gasteiger partial charge in [-0.3, -0.25) is 0 Å². The molecule has 0 unspecified atom stereocenters. The van der Waals surface area contributed by atoms with Crippen molar-refractivity contribution < 1.29 is 18.3 Å². The normalized spacial score (nSPS) is 11.4. The van der Waals surface area contributed by atoms with E-state index in [0.717, 1.165) is 4.47 Å². The Bertz CT molecular complexity index is 1320. The minimum atomic E-state index is -3.94. The molecule has 150 valence electrons. The van der Waals surface area contributed by atoms with Gasteiger partial charge in [0.05, 0.1) is 16.1 Å². The standard InChI is InChI=1S/C21H14BrN3O4S/c22-16-10-6-14(7-11-16)19-20(30(28,29)18-4-2-1-3-5-18)23-24-25(19)17-12-8-15(9-13-17)21(26)27/h1-13H,(H,26,27). The van der Waals surface area contributed by atoms with Crippen molar-refractivity contribution in [2.45, 2.75) is 9.92 Å². The van der Waals surface area contributed by atoms with Gasteiger partial charge in [0.2, 0.25) is 14.9 Å². The van der Waals surface area contributed by atoms with E-state index >= 15 is 0 Å². The van der Waals surface area contributed by atoms with Gasteiger partial charge in [0.15, 0.2) is 0 Å². The SMILES string of the molecule is O=C(O)c1ccc(-n2nnc(S(=O)(=O)c3ccccc3)c2-c2ccc(Br)cc2)cc1. The Balaban J connectivity index is 1.94. The van der Waals surface area contributed by atoms with Gasteiger partial charge in [0.1, 0.15) is 5.69 Å². The van der Waals surface area contributed by atoms with Crippen LogP contribution < -0.4 is 0 Å². The molecule has 4 aromatic rings. The maximum Gasteiger partial charge on any atom is 0.335 e. The molecule has 0 saturated heterocycles. The lowest BCUT2D eigenvalue weighted by atomic mass is 10.1. The minimum Gasteiger partial charge on any atom is -0.478 e. The van der Waals surface area contributed by atoms with Gasteiger partial charge in [0.25, 0.3) is 0 Å². The number of nitrogens with zero attached hydrogens (tertiary/aromatic N) is 3. The van der Waals surface area contributed by atoms with Crippen LogP contribution in [0.1, 0.15) is 10.4 Å². The maximum atomic E-state index is 13.3. The first-order chi connectivity index (χ1) is 14.4. The third-order valence-corrected chi connectivity index (χ3v) is 6.63. The summed E-state index contributed by atoms with van der Waals surface area (Å²) in [6.45, 7) is 0. The Morgan fingerprint density at radius 3 is 2.13 bits per heavy atom. The average molecular weight is 484 g/mol. The lowest BCUT2D eigenvalue weighted by molar-refractivity contribution is 0.0697. The predicted molar refractivity (Wildman–Crippen MR) is 113 cm³/mol. The topological polar surface area (TPSA) is 102 Å². The first-order valence-corrected chi connectivity index (χ1v) is 11.0. The van der Waals surface area contributed by atoms with Gasteiger partial charge in [-0.1, -0.05) is 51.5 Å². The van der Waals surface area contributed by atoms with Crippen molar-refractivity contribution in [3.8, 4) is 16.9 Å². The molecule has 0 aliphatic heterocycles. The Labute approximate surface area is 180 Å². The first-order valence-electron chi connectivity index (χ1n) is 8.73. The van der Waals surface area contributed by atoms with Crippen LogP contribution in [0, 0.1) is 0 Å². The van der Waals surface area contributed by atoms with Crippen LogP contribution in [0.3, 0.4) is 0 Å². The zero-order chi connectivity index (χ0) is 21.3. The van der Waals surface area contributed by atoms with Crippen molar-refractivity contribution >= 4 is 31.7 Å².